The molecule has 0 saturated carbocycles. The fourth-order valence-electron chi connectivity index (χ4n) is 3.69. The molecule has 136 valence electrons. The molecule has 4 nitrogen and oxygen atoms in total. The molecule has 1 N–H and O–H groups in total. The summed E-state index contributed by atoms with van der Waals surface area (Å²) in [5.41, 5.74) is 2.39. The van der Waals surface area contributed by atoms with Crippen LogP contribution in [0.2, 0.25) is 0 Å². The maximum absolute atomic E-state index is 9.77. The van der Waals surface area contributed by atoms with Crippen LogP contribution in [0.1, 0.15) is 42.5 Å². The Kier molecular flexibility index (Phi) is 6.10. The van der Waals surface area contributed by atoms with Crippen LogP contribution in [-0.4, -0.2) is 34.7 Å². The van der Waals surface area contributed by atoms with E-state index in [1.165, 1.54) is 5.56 Å². The standard InChI is InChI=1S/C20H28N2O2S/c1-3-8-20(15-23)9-10-22(14-20)11-17-4-6-19(7-5-17)24-12-18-13-25-16(2)21-18/h4-7,13,23H,3,8-12,14-15H2,1-2H3. The number of ether oxygens (including phenoxy) is 1. The predicted octanol–water partition coefficient (Wildman–Crippen LogP) is 4.02. The molecule has 2 aromatic rings. The van der Waals surface area contributed by atoms with Crippen LogP contribution in [0.25, 0.3) is 0 Å². The van der Waals surface area contributed by atoms with E-state index in [0.29, 0.717) is 13.2 Å². The SMILES string of the molecule is CCCC1(CO)CCN(Cc2ccc(OCc3csc(C)n3)cc2)C1. The molecule has 5 heteroatoms. The minimum absolute atomic E-state index is 0.115. The molecule has 1 saturated heterocycles. The van der Waals surface area contributed by atoms with Gasteiger partial charge in [0.25, 0.3) is 0 Å². The minimum atomic E-state index is 0.115. The van der Waals surface area contributed by atoms with Gasteiger partial charge in [0.15, 0.2) is 0 Å². The molecule has 1 aromatic heterocycles. The van der Waals surface area contributed by atoms with Crippen LogP contribution in [0.4, 0.5) is 0 Å². The Bertz CT molecular complexity index is 671. The molecule has 1 atom stereocenters. The summed E-state index contributed by atoms with van der Waals surface area (Å²) in [5.74, 6) is 0.881. The van der Waals surface area contributed by atoms with E-state index in [1.807, 2.05) is 24.4 Å². The third kappa shape index (κ3) is 4.81. The average molecular weight is 361 g/mol. The summed E-state index contributed by atoms with van der Waals surface area (Å²) in [4.78, 5) is 6.87. The van der Waals surface area contributed by atoms with Crippen LogP contribution < -0.4 is 4.74 Å². The van der Waals surface area contributed by atoms with Crippen molar-refractivity contribution >= 4 is 11.3 Å². The van der Waals surface area contributed by atoms with E-state index in [4.69, 9.17) is 4.74 Å². The van der Waals surface area contributed by atoms with Gasteiger partial charge in [0, 0.05) is 30.5 Å². The van der Waals surface area contributed by atoms with E-state index in [1.54, 1.807) is 11.3 Å². The number of hydrogen-bond acceptors (Lipinski definition) is 5. The first-order valence-corrected chi connectivity index (χ1v) is 9.96. The maximum Gasteiger partial charge on any atom is 0.131 e. The van der Waals surface area contributed by atoms with Crippen LogP contribution >= 0.6 is 11.3 Å². The largest absolute Gasteiger partial charge is 0.487 e. The van der Waals surface area contributed by atoms with Crippen LogP contribution in [-0.2, 0) is 13.2 Å². The molecule has 0 radical (unpaired) electrons. The molecule has 3 rings (SSSR count). The fourth-order valence-corrected chi connectivity index (χ4v) is 4.28. The fraction of sp³-hybridized carbons (Fsp3) is 0.550. The zero-order valence-electron chi connectivity index (χ0n) is 15.2. The number of hydrogen-bond donors (Lipinski definition) is 1. The number of aliphatic hydroxyl groups is 1. The second-order valence-electron chi connectivity index (χ2n) is 7.16. The van der Waals surface area contributed by atoms with Crippen molar-refractivity contribution < 1.29 is 9.84 Å². The summed E-state index contributed by atoms with van der Waals surface area (Å²) in [6, 6.07) is 8.35. The Morgan fingerprint density at radius 1 is 1.32 bits per heavy atom. The number of nitrogens with zero attached hydrogens (tertiary/aromatic N) is 2. The lowest BCUT2D eigenvalue weighted by Crippen LogP contribution is -2.30. The molecule has 1 fully saturated rings. The average Bonchev–Trinajstić information content (AvgIpc) is 3.21. The van der Waals surface area contributed by atoms with Gasteiger partial charge in [-0.05, 0) is 44.0 Å². The Labute approximate surface area is 154 Å². The van der Waals surface area contributed by atoms with E-state index in [2.05, 4.69) is 28.9 Å². The van der Waals surface area contributed by atoms with Crippen molar-refractivity contribution in [2.75, 3.05) is 19.7 Å². The molecule has 25 heavy (non-hydrogen) atoms. The molecule has 0 amide bonds. The van der Waals surface area contributed by atoms with Crippen molar-refractivity contribution in [2.24, 2.45) is 5.41 Å². The van der Waals surface area contributed by atoms with Gasteiger partial charge in [0.1, 0.15) is 12.4 Å². The highest BCUT2D eigenvalue weighted by Crippen LogP contribution is 2.35. The van der Waals surface area contributed by atoms with E-state index in [9.17, 15) is 5.11 Å². The van der Waals surface area contributed by atoms with Crippen molar-refractivity contribution in [1.82, 2.24) is 9.88 Å². The number of likely N-dealkylation sites (tertiary alicyclic amines) is 1. The van der Waals surface area contributed by atoms with Crippen LogP contribution in [0, 0.1) is 12.3 Å². The smallest absolute Gasteiger partial charge is 0.131 e. The Hall–Kier alpha value is -1.43. The summed E-state index contributed by atoms with van der Waals surface area (Å²) in [7, 11) is 0. The highest BCUT2D eigenvalue weighted by molar-refractivity contribution is 7.09. The van der Waals surface area contributed by atoms with Gasteiger partial charge in [-0.15, -0.1) is 11.3 Å². The highest BCUT2D eigenvalue weighted by atomic mass is 32.1. The van der Waals surface area contributed by atoms with E-state index in [0.717, 1.165) is 55.3 Å². The number of aromatic nitrogens is 1. The third-order valence-electron chi connectivity index (χ3n) is 5.02. The van der Waals surface area contributed by atoms with Crippen molar-refractivity contribution in [3.05, 3.63) is 45.9 Å². The normalized spacial score (nSPS) is 20.9. The lowest BCUT2D eigenvalue weighted by molar-refractivity contribution is 0.117. The molecule has 1 aliphatic heterocycles. The zero-order chi connectivity index (χ0) is 17.7. The van der Waals surface area contributed by atoms with Gasteiger partial charge in [0.05, 0.1) is 10.7 Å². The molecule has 1 aliphatic rings. The predicted molar refractivity (Wildman–Crippen MR) is 102 cm³/mol. The number of benzene rings is 1. The van der Waals surface area contributed by atoms with Crippen LogP contribution in [0.15, 0.2) is 29.6 Å². The van der Waals surface area contributed by atoms with Gasteiger partial charge in [-0.1, -0.05) is 25.5 Å². The molecular weight excluding hydrogens is 332 g/mol. The van der Waals surface area contributed by atoms with Gasteiger partial charge in [-0.3, -0.25) is 4.90 Å². The molecule has 1 aromatic carbocycles. The highest BCUT2D eigenvalue weighted by Gasteiger charge is 2.36. The maximum atomic E-state index is 9.77. The molecule has 0 aliphatic carbocycles. The number of rotatable bonds is 8. The first-order valence-electron chi connectivity index (χ1n) is 9.08. The summed E-state index contributed by atoms with van der Waals surface area (Å²) in [6.07, 6.45) is 3.35. The van der Waals surface area contributed by atoms with Crippen molar-refractivity contribution in [3.8, 4) is 5.75 Å². The Morgan fingerprint density at radius 3 is 2.76 bits per heavy atom. The Balaban J connectivity index is 1.51. The first-order chi connectivity index (χ1) is 12.1. The van der Waals surface area contributed by atoms with E-state index < -0.39 is 0 Å². The first kappa shape index (κ1) is 18.4. The molecule has 1 unspecified atom stereocenters. The molecule has 2 heterocycles. The number of thiazole rings is 1. The van der Waals surface area contributed by atoms with Gasteiger partial charge >= 0.3 is 0 Å². The topological polar surface area (TPSA) is 45.6 Å². The molecular formula is C20H28N2O2S. The summed E-state index contributed by atoms with van der Waals surface area (Å²) in [5, 5.41) is 12.9. The minimum Gasteiger partial charge on any atom is -0.487 e. The number of aryl methyl sites for hydroxylation is 1. The second kappa shape index (κ2) is 8.30. The quantitative estimate of drug-likeness (QED) is 0.772. The van der Waals surface area contributed by atoms with Gasteiger partial charge in [0.2, 0.25) is 0 Å². The Morgan fingerprint density at radius 2 is 2.12 bits per heavy atom. The van der Waals surface area contributed by atoms with Crippen LogP contribution in [0.5, 0.6) is 5.75 Å². The van der Waals surface area contributed by atoms with Gasteiger partial charge in [-0.2, -0.15) is 0 Å². The van der Waals surface area contributed by atoms with E-state index in [-0.39, 0.29) is 5.41 Å². The second-order valence-corrected chi connectivity index (χ2v) is 8.22. The number of aliphatic hydroxyl groups excluding tert-OH is 1. The van der Waals surface area contributed by atoms with Crippen molar-refractivity contribution in [3.63, 3.8) is 0 Å². The van der Waals surface area contributed by atoms with E-state index >= 15 is 0 Å². The lowest BCUT2D eigenvalue weighted by Gasteiger charge is -2.26. The van der Waals surface area contributed by atoms with Crippen molar-refractivity contribution in [1.29, 1.82) is 0 Å². The van der Waals surface area contributed by atoms with Gasteiger partial charge < -0.3 is 9.84 Å². The van der Waals surface area contributed by atoms with Crippen LogP contribution in [0.3, 0.4) is 0 Å². The summed E-state index contributed by atoms with van der Waals surface area (Å²) in [6.45, 7) is 8.04. The summed E-state index contributed by atoms with van der Waals surface area (Å²) < 4.78 is 5.81. The zero-order valence-corrected chi connectivity index (χ0v) is 16.0. The third-order valence-corrected chi connectivity index (χ3v) is 5.84. The molecule has 0 bridgehead atoms. The van der Waals surface area contributed by atoms with Crippen molar-refractivity contribution in [2.45, 2.75) is 46.3 Å². The summed E-state index contributed by atoms with van der Waals surface area (Å²) >= 11 is 1.65. The lowest BCUT2D eigenvalue weighted by atomic mass is 9.83. The monoisotopic (exact) mass is 360 g/mol. The molecule has 0 spiro atoms. The van der Waals surface area contributed by atoms with Gasteiger partial charge in [-0.25, -0.2) is 4.98 Å².